The number of thiazole rings is 1. The molecule has 3 heterocycles. The van der Waals surface area contributed by atoms with E-state index >= 15 is 0 Å². The van der Waals surface area contributed by atoms with Crippen molar-refractivity contribution >= 4 is 74.1 Å². The molecule has 0 radical (unpaired) electrons. The maximum Gasteiger partial charge on any atom is 0.284 e. The van der Waals surface area contributed by atoms with Gasteiger partial charge in [0.1, 0.15) is 25.7 Å². The van der Waals surface area contributed by atoms with Crippen LogP contribution in [-0.4, -0.2) is 29.2 Å². The normalized spacial score (nSPS) is 17.4. The fraction of sp³-hybridized carbons (Fsp3) is 0.129. The Morgan fingerprint density at radius 2 is 1.61 bits per heavy atom. The Bertz CT molecular complexity index is 1870. The summed E-state index contributed by atoms with van der Waals surface area (Å²) in [5.74, 6) is 0.459. The maximum atomic E-state index is 14.3. The first-order valence-corrected chi connectivity index (χ1v) is 15.0. The van der Waals surface area contributed by atoms with Gasteiger partial charge in [-0.15, -0.1) is 17.9 Å². The molecule has 3 aromatic carbocycles. The molecule has 0 unspecified atom stereocenters. The number of fused-ring (bicyclic) bond motifs is 1. The minimum Gasteiger partial charge on any atom is -0.497 e. The average molecular weight is 599 g/mol. The predicted octanol–water partition coefficient (Wildman–Crippen LogP) is 4.75. The molecule has 7 nitrogen and oxygen atoms in total. The number of thioether (sulfide) groups is 1. The van der Waals surface area contributed by atoms with E-state index in [1.807, 2.05) is 78.9 Å². The SMILES string of the molecule is C=CCn1c(=O)/c(=C2/Sc3ccc(OC)cc3N2CC)s/c1=C1/C(=O)N(c2ccccc2)C(=S)N1c1ccccc1. The van der Waals surface area contributed by atoms with Crippen molar-refractivity contribution in [1.82, 2.24) is 4.57 Å². The number of amides is 1. The minimum atomic E-state index is -0.292. The lowest BCUT2D eigenvalue weighted by atomic mass is 10.2. The highest BCUT2D eigenvalue weighted by Crippen LogP contribution is 2.47. The number of benzene rings is 3. The molecule has 10 heteroatoms. The van der Waals surface area contributed by atoms with Crippen LogP contribution >= 0.6 is 35.3 Å². The summed E-state index contributed by atoms with van der Waals surface area (Å²) < 4.78 is 8.16. The molecule has 1 amide bonds. The van der Waals surface area contributed by atoms with Crippen molar-refractivity contribution < 1.29 is 9.53 Å². The number of hydrogen-bond acceptors (Lipinski definition) is 7. The number of nitrogens with zero attached hydrogens (tertiary/aromatic N) is 4. The molecule has 0 spiro atoms. The molecule has 1 aromatic heterocycles. The van der Waals surface area contributed by atoms with Gasteiger partial charge in [-0.1, -0.05) is 54.2 Å². The van der Waals surface area contributed by atoms with E-state index in [0.717, 1.165) is 27.0 Å². The largest absolute Gasteiger partial charge is 0.497 e. The van der Waals surface area contributed by atoms with Gasteiger partial charge in [-0.2, -0.15) is 0 Å². The van der Waals surface area contributed by atoms with Gasteiger partial charge in [-0.25, -0.2) is 0 Å². The Hall–Kier alpha value is -4.12. The molecular weight excluding hydrogens is 573 g/mol. The van der Waals surface area contributed by atoms with E-state index in [9.17, 15) is 9.59 Å². The van der Waals surface area contributed by atoms with Crippen LogP contribution in [0.1, 0.15) is 6.92 Å². The zero-order chi connectivity index (χ0) is 28.7. The smallest absolute Gasteiger partial charge is 0.284 e. The standard InChI is InChI=1S/C31H26N4O3S3/c1-4-18-33-28(37)26(30-32(5-2)23-19-22(38-3)16-17-24(23)40-30)41-29(33)25-27(36)35(21-14-10-7-11-15-21)31(39)34(25)20-12-8-6-9-13-20/h4,6-17,19H,1,5,18H2,2-3H3/b29-25-,30-26-. The number of hydrogen-bond donors (Lipinski definition) is 0. The molecule has 206 valence electrons. The summed E-state index contributed by atoms with van der Waals surface area (Å²) in [4.78, 5) is 34.8. The Balaban J connectivity index is 1.65. The van der Waals surface area contributed by atoms with E-state index in [4.69, 9.17) is 17.0 Å². The van der Waals surface area contributed by atoms with Gasteiger partial charge >= 0.3 is 0 Å². The molecule has 0 bridgehead atoms. The quantitative estimate of drug-likeness (QED) is 0.235. The fourth-order valence-corrected chi connectivity index (χ4v) is 7.88. The first-order valence-electron chi connectivity index (χ1n) is 13.0. The summed E-state index contributed by atoms with van der Waals surface area (Å²) in [5.41, 5.74) is 2.55. The summed E-state index contributed by atoms with van der Waals surface area (Å²) in [6.45, 7) is 6.85. The van der Waals surface area contributed by atoms with Gasteiger partial charge < -0.3 is 9.64 Å². The number of carbonyl (C=O) groups is 1. The van der Waals surface area contributed by atoms with Gasteiger partial charge in [0.05, 0.1) is 18.5 Å². The Morgan fingerprint density at radius 3 is 2.22 bits per heavy atom. The summed E-state index contributed by atoms with van der Waals surface area (Å²) in [6.07, 6.45) is 1.67. The second kappa shape index (κ2) is 11.0. The lowest BCUT2D eigenvalue weighted by Crippen LogP contribution is -2.36. The highest BCUT2D eigenvalue weighted by atomic mass is 32.2. The topological polar surface area (TPSA) is 58.0 Å². The third-order valence-corrected chi connectivity index (χ3v) is 9.71. The van der Waals surface area contributed by atoms with E-state index in [1.165, 1.54) is 16.2 Å². The Labute approximate surface area is 250 Å². The first kappa shape index (κ1) is 27.1. The molecule has 0 saturated carbocycles. The number of para-hydroxylation sites is 2. The second-order valence-electron chi connectivity index (χ2n) is 9.20. The molecule has 2 aliphatic heterocycles. The number of ether oxygens (including phenoxy) is 1. The first-order chi connectivity index (χ1) is 20.0. The molecule has 6 rings (SSSR count). The average Bonchev–Trinajstić information content (AvgIpc) is 3.61. The molecule has 1 fully saturated rings. The number of allylic oxidation sites excluding steroid dienone is 1. The van der Waals surface area contributed by atoms with Gasteiger partial charge in [-0.05, 0) is 55.5 Å². The third-order valence-electron chi connectivity index (χ3n) is 6.86. The van der Waals surface area contributed by atoms with Crippen LogP contribution in [0.4, 0.5) is 17.1 Å². The molecule has 1 saturated heterocycles. The lowest BCUT2D eigenvalue weighted by Gasteiger charge is -2.20. The van der Waals surface area contributed by atoms with Crippen LogP contribution in [0.5, 0.6) is 5.75 Å². The highest BCUT2D eigenvalue weighted by Gasteiger charge is 2.42. The summed E-state index contributed by atoms with van der Waals surface area (Å²) in [7, 11) is 1.64. The van der Waals surface area contributed by atoms with Gasteiger partial charge in [0.25, 0.3) is 11.5 Å². The fourth-order valence-electron chi connectivity index (χ4n) is 4.98. The van der Waals surface area contributed by atoms with Crippen molar-refractivity contribution in [3.8, 4) is 5.75 Å². The molecule has 0 N–H and O–H groups in total. The van der Waals surface area contributed by atoms with Crippen molar-refractivity contribution in [2.45, 2.75) is 18.4 Å². The van der Waals surface area contributed by atoms with Gasteiger partial charge in [0.2, 0.25) is 0 Å². The molecule has 0 aliphatic carbocycles. The molecule has 0 atom stereocenters. The van der Waals surface area contributed by atoms with Crippen LogP contribution in [0, 0.1) is 0 Å². The molecule has 4 aromatic rings. The number of aromatic nitrogens is 1. The van der Waals surface area contributed by atoms with Crippen molar-refractivity contribution in [1.29, 1.82) is 0 Å². The van der Waals surface area contributed by atoms with Crippen LogP contribution in [0.3, 0.4) is 0 Å². The number of methoxy groups -OCH3 is 1. The van der Waals surface area contributed by atoms with Crippen molar-refractivity contribution in [2.24, 2.45) is 0 Å². The van der Waals surface area contributed by atoms with E-state index < -0.39 is 0 Å². The molecule has 41 heavy (non-hydrogen) atoms. The van der Waals surface area contributed by atoms with Crippen LogP contribution in [-0.2, 0) is 11.3 Å². The Morgan fingerprint density at radius 1 is 0.951 bits per heavy atom. The molecule has 2 aliphatic rings. The lowest BCUT2D eigenvalue weighted by molar-refractivity contribution is -0.112. The Kier molecular flexibility index (Phi) is 7.29. The van der Waals surface area contributed by atoms with Crippen LogP contribution in [0.15, 0.2) is 101 Å². The van der Waals surface area contributed by atoms with E-state index in [0.29, 0.717) is 32.2 Å². The second-order valence-corrected chi connectivity index (χ2v) is 11.6. The molecular formula is C31H26N4O3S3. The van der Waals surface area contributed by atoms with E-state index in [2.05, 4.69) is 18.4 Å². The zero-order valence-corrected chi connectivity index (χ0v) is 24.9. The third kappa shape index (κ3) is 4.48. The number of carbonyl (C=O) groups excluding carboxylic acids is 1. The van der Waals surface area contributed by atoms with Gasteiger partial charge in [0, 0.05) is 29.7 Å². The van der Waals surface area contributed by atoms with Gasteiger partial charge in [0.15, 0.2) is 5.11 Å². The zero-order valence-electron chi connectivity index (χ0n) is 22.4. The van der Waals surface area contributed by atoms with Crippen molar-refractivity contribution in [2.75, 3.05) is 28.4 Å². The number of anilines is 3. The predicted molar refractivity (Wildman–Crippen MR) is 172 cm³/mol. The number of thiocarbonyl (C=S) groups is 1. The number of rotatable bonds is 6. The summed E-state index contributed by atoms with van der Waals surface area (Å²) in [6, 6.07) is 24.8. The van der Waals surface area contributed by atoms with Gasteiger partial charge in [-0.3, -0.25) is 24.0 Å². The van der Waals surface area contributed by atoms with Crippen molar-refractivity contribution in [3.05, 3.63) is 111 Å². The van der Waals surface area contributed by atoms with Crippen molar-refractivity contribution in [3.63, 3.8) is 0 Å². The monoisotopic (exact) mass is 598 g/mol. The summed E-state index contributed by atoms with van der Waals surface area (Å²) >= 11 is 8.78. The van der Waals surface area contributed by atoms with E-state index in [-0.39, 0.29) is 18.0 Å². The van der Waals surface area contributed by atoms with Crippen LogP contribution in [0.2, 0.25) is 0 Å². The highest BCUT2D eigenvalue weighted by molar-refractivity contribution is 8.08. The van der Waals surface area contributed by atoms with Crippen LogP contribution < -0.4 is 34.2 Å². The minimum absolute atomic E-state index is 0.178. The summed E-state index contributed by atoms with van der Waals surface area (Å²) in [5, 5.41) is 1.15. The maximum absolute atomic E-state index is 14.3. The van der Waals surface area contributed by atoms with Crippen LogP contribution in [0.25, 0.3) is 10.7 Å². The van der Waals surface area contributed by atoms with E-state index in [1.54, 1.807) is 34.4 Å².